The maximum Gasteiger partial charge on any atom is 0.435 e. The fourth-order valence-electron chi connectivity index (χ4n) is 2.45. The molecule has 13 heteroatoms. The van der Waals surface area contributed by atoms with Gasteiger partial charge in [-0.2, -0.15) is 18.3 Å². The van der Waals surface area contributed by atoms with E-state index in [1.165, 1.54) is 24.4 Å². The lowest BCUT2D eigenvalue weighted by Gasteiger charge is -2.12. The van der Waals surface area contributed by atoms with Crippen molar-refractivity contribution < 1.29 is 22.8 Å². The molecule has 0 aliphatic rings. The van der Waals surface area contributed by atoms with E-state index in [2.05, 4.69) is 15.4 Å². The number of carbonyl (C=O) groups is 2. The molecule has 3 aromatic rings. The fraction of sp³-hybridized carbons (Fsp3) is 0.0588. The third-order valence-corrected chi connectivity index (χ3v) is 4.54. The van der Waals surface area contributed by atoms with Crippen LogP contribution in [0.4, 0.5) is 18.9 Å². The van der Waals surface area contributed by atoms with Crippen LogP contribution < -0.4 is 11.1 Å². The quantitative estimate of drug-likeness (QED) is 0.572. The van der Waals surface area contributed by atoms with Gasteiger partial charge in [-0.05, 0) is 24.3 Å². The maximum absolute atomic E-state index is 13.2. The summed E-state index contributed by atoms with van der Waals surface area (Å²) in [5.41, 5.74) is 2.88. The number of nitrogens with one attached hydrogen (secondary N) is 1. The smallest absolute Gasteiger partial charge is 0.366 e. The molecule has 156 valence electrons. The number of pyridine rings is 1. The highest BCUT2D eigenvalue weighted by Gasteiger charge is 2.36. The summed E-state index contributed by atoms with van der Waals surface area (Å²) in [5.74, 6) is -2.25. The first kappa shape index (κ1) is 21.9. The molecule has 0 aliphatic carbocycles. The van der Waals surface area contributed by atoms with Crippen LogP contribution in [0.1, 0.15) is 26.5 Å². The first-order valence-electron chi connectivity index (χ1n) is 7.87. The van der Waals surface area contributed by atoms with Crippen LogP contribution in [0.15, 0.2) is 36.5 Å². The Labute approximate surface area is 181 Å². The molecule has 0 aliphatic heterocycles. The Morgan fingerprint density at radius 3 is 2.40 bits per heavy atom. The van der Waals surface area contributed by atoms with E-state index < -0.39 is 29.4 Å². The van der Waals surface area contributed by atoms with Crippen LogP contribution in [-0.4, -0.2) is 26.6 Å². The van der Waals surface area contributed by atoms with E-state index in [9.17, 15) is 22.8 Å². The van der Waals surface area contributed by atoms with E-state index in [0.717, 1.165) is 6.07 Å². The summed E-state index contributed by atoms with van der Waals surface area (Å²) in [7, 11) is 0. The molecular weight excluding hydrogens is 470 g/mol. The molecule has 2 amide bonds. The van der Waals surface area contributed by atoms with Crippen LogP contribution >= 0.6 is 34.8 Å². The summed E-state index contributed by atoms with van der Waals surface area (Å²) in [4.78, 5) is 28.4. The molecule has 2 heterocycles. The van der Waals surface area contributed by atoms with Gasteiger partial charge in [0.1, 0.15) is 5.69 Å². The number of rotatable bonds is 4. The van der Waals surface area contributed by atoms with Gasteiger partial charge in [0.05, 0.1) is 21.3 Å². The number of carbonyl (C=O) groups excluding carboxylic acids is 2. The summed E-state index contributed by atoms with van der Waals surface area (Å²) >= 11 is 17.9. The highest BCUT2D eigenvalue weighted by molar-refractivity contribution is 6.38. The fourth-order valence-corrected chi connectivity index (χ4v) is 3.19. The van der Waals surface area contributed by atoms with Gasteiger partial charge in [-0.1, -0.05) is 34.8 Å². The molecule has 0 bridgehead atoms. The minimum absolute atomic E-state index is 0.0503. The van der Waals surface area contributed by atoms with Gasteiger partial charge < -0.3 is 11.1 Å². The third kappa shape index (κ3) is 4.35. The minimum atomic E-state index is -4.85. The maximum atomic E-state index is 13.2. The number of hydrogen-bond acceptors (Lipinski definition) is 4. The molecule has 2 aromatic heterocycles. The third-order valence-electron chi connectivity index (χ3n) is 3.73. The average molecular weight is 479 g/mol. The normalized spacial score (nSPS) is 11.4. The van der Waals surface area contributed by atoms with Gasteiger partial charge in [-0.15, -0.1) is 0 Å². The number of anilines is 1. The summed E-state index contributed by atoms with van der Waals surface area (Å²) in [6, 6.07) is 5.70. The van der Waals surface area contributed by atoms with Crippen molar-refractivity contribution >= 4 is 52.3 Å². The lowest BCUT2D eigenvalue weighted by molar-refractivity contribution is -0.141. The second-order valence-corrected chi connectivity index (χ2v) is 7.01. The zero-order valence-electron chi connectivity index (χ0n) is 14.5. The Balaban J connectivity index is 2.13. The first-order chi connectivity index (χ1) is 14.0. The monoisotopic (exact) mass is 477 g/mol. The Morgan fingerprint density at radius 1 is 1.10 bits per heavy atom. The number of benzene rings is 1. The lowest BCUT2D eigenvalue weighted by atomic mass is 10.1. The highest BCUT2D eigenvalue weighted by atomic mass is 35.5. The molecule has 0 spiro atoms. The topological polar surface area (TPSA) is 103 Å². The number of nitrogens with two attached hydrogens (primary N) is 1. The summed E-state index contributed by atoms with van der Waals surface area (Å²) < 4.78 is 40.3. The van der Waals surface area contributed by atoms with E-state index in [4.69, 9.17) is 40.5 Å². The van der Waals surface area contributed by atoms with Crippen molar-refractivity contribution in [3.63, 3.8) is 0 Å². The molecule has 30 heavy (non-hydrogen) atoms. The minimum Gasteiger partial charge on any atom is -0.366 e. The Kier molecular flexibility index (Phi) is 5.93. The number of primary amides is 1. The summed E-state index contributed by atoms with van der Waals surface area (Å²) in [6.07, 6.45) is -3.59. The molecule has 7 nitrogen and oxygen atoms in total. The second-order valence-electron chi connectivity index (χ2n) is 5.76. The number of aromatic nitrogens is 3. The molecule has 3 rings (SSSR count). The molecular formula is C17H9Cl3F3N5O2. The largest absolute Gasteiger partial charge is 0.435 e. The average Bonchev–Trinajstić information content (AvgIpc) is 3.09. The van der Waals surface area contributed by atoms with Crippen molar-refractivity contribution in [3.05, 3.63) is 68.5 Å². The van der Waals surface area contributed by atoms with Crippen LogP contribution in [0, 0.1) is 0 Å². The molecule has 0 unspecified atom stereocenters. The summed E-state index contributed by atoms with van der Waals surface area (Å²) in [6.45, 7) is 0. The highest BCUT2D eigenvalue weighted by Crippen LogP contribution is 2.33. The first-order valence-corrected chi connectivity index (χ1v) is 9.00. The van der Waals surface area contributed by atoms with E-state index >= 15 is 0 Å². The molecule has 0 saturated carbocycles. The van der Waals surface area contributed by atoms with Crippen molar-refractivity contribution in [2.24, 2.45) is 5.73 Å². The SMILES string of the molecule is NC(=O)c1cc(Cl)cc(Cl)c1NC(=O)c1cc(C(F)(F)F)nn1-c1ncccc1Cl. The van der Waals surface area contributed by atoms with Crippen molar-refractivity contribution in [1.82, 2.24) is 14.8 Å². The van der Waals surface area contributed by atoms with E-state index in [-0.39, 0.29) is 32.1 Å². The van der Waals surface area contributed by atoms with Crippen molar-refractivity contribution in [2.75, 3.05) is 5.32 Å². The zero-order valence-corrected chi connectivity index (χ0v) is 16.7. The zero-order chi connectivity index (χ0) is 22.2. The second kappa shape index (κ2) is 8.13. The molecule has 0 atom stereocenters. The number of hydrogen-bond donors (Lipinski definition) is 2. The molecule has 3 N–H and O–H groups in total. The van der Waals surface area contributed by atoms with E-state index in [0.29, 0.717) is 10.7 Å². The predicted molar refractivity (Wildman–Crippen MR) is 104 cm³/mol. The van der Waals surface area contributed by atoms with Gasteiger partial charge in [0, 0.05) is 17.3 Å². The Morgan fingerprint density at radius 2 is 1.80 bits per heavy atom. The molecule has 0 radical (unpaired) electrons. The van der Waals surface area contributed by atoms with Gasteiger partial charge in [-0.25, -0.2) is 9.67 Å². The van der Waals surface area contributed by atoms with Crippen LogP contribution in [0.5, 0.6) is 0 Å². The van der Waals surface area contributed by atoms with Gasteiger partial charge >= 0.3 is 6.18 Å². The number of halogens is 6. The van der Waals surface area contributed by atoms with Crippen LogP contribution in [0.2, 0.25) is 15.1 Å². The van der Waals surface area contributed by atoms with Crippen molar-refractivity contribution in [2.45, 2.75) is 6.18 Å². The van der Waals surface area contributed by atoms with Gasteiger partial charge in [0.2, 0.25) is 0 Å². The predicted octanol–water partition coefficient (Wildman–Crippen LogP) is 4.60. The number of nitrogens with zero attached hydrogens (tertiary/aromatic N) is 3. The van der Waals surface area contributed by atoms with Gasteiger partial charge in [0.15, 0.2) is 11.5 Å². The Bertz CT molecular complexity index is 1160. The number of amides is 2. The van der Waals surface area contributed by atoms with Gasteiger partial charge in [0.25, 0.3) is 11.8 Å². The summed E-state index contributed by atoms with van der Waals surface area (Å²) in [5, 5.41) is 5.54. The Hall–Kier alpha value is -2.82. The van der Waals surface area contributed by atoms with Crippen molar-refractivity contribution in [1.29, 1.82) is 0 Å². The van der Waals surface area contributed by atoms with E-state index in [1.807, 2.05) is 0 Å². The molecule has 0 saturated heterocycles. The molecule has 1 aromatic carbocycles. The number of alkyl halides is 3. The van der Waals surface area contributed by atoms with Crippen LogP contribution in [0.25, 0.3) is 5.82 Å². The molecule has 0 fully saturated rings. The lowest BCUT2D eigenvalue weighted by Crippen LogP contribution is -2.21. The van der Waals surface area contributed by atoms with Gasteiger partial charge in [-0.3, -0.25) is 9.59 Å². The van der Waals surface area contributed by atoms with Crippen molar-refractivity contribution in [3.8, 4) is 5.82 Å². The van der Waals surface area contributed by atoms with E-state index in [1.54, 1.807) is 0 Å². The van der Waals surface area contributed by atoms with Crippen LogP contribution in [-0.2, 0) is 6.18 Å². The standard InChI is InChI=1S/C17H9Cl3F3N5O2/c18-7-4-8(14(24)29)13(10(20)5-7)26-16(30)11-6-12(17(21,22)23)27-28(11)15-9(19)2-1-3-25-15/h1-6H,(H2,24,29)(H,26,30). The van der Waals surface area contributed by atoms with Crippen LogP contribution in [0.3, 0.4) is 0 Å².